The van der Waals surface area contributed by atoms with Crippen molar-refractivity contribution in [2.24, 2.45) is 0 Å². The molecule has 0 radical (unpaired) electrons. The van der Waals surface area contributed by atoms with E-state index in [0.717, 1.165) is 16.9 Å². The molecule has 0 saturated heterocycles. The van der Waals surface area contributed by atoms with E-state index in [1.807, 2.05) is 84.9 Å². The average Bonchev–Trinajstić information content (AvgIpc) is 2.83. The molecule has 0 atom stereocenters. The van der Waals surface area contributed by atoms with Gasteiger partial charge < -0.3 is 15.7 Å². The van der Waals surface area contributed by atoms with E-state index in [0.29, 0.717) is 29.8 Å². The molecule has 0 aliphatic heterocycles. The normalized spacial score (nSPS) is 10.5. The molecule has 0 unspecified atom stereocenters. The quantitative estimate of drug-likeness (QED) is 0.320. The molecule has 0 fully saturated rings. The molecule has 0 spiro atoms. The molecule has 0 aliphatic rings. The van der Waals surface area contributed by atoms with Gasteiger partial charge in [-0.05, 0) is 54.1 Å². The number of benzene rings is 4. The summed E-state index contributed by atoms with van der Waals surface area (Å²) in [7, 11) is 0. The van der Waals surface area contributed by atoms with Gasteiger partial charge in [0.2, 0.25) is 0 Å². The standard InChI is InChI=1S/C27H24N2O2/c30-26-15-14-22(17-23(26)19-29-25-12-5-2-6-13-25)27(31)21-9-7-8-20(16-21)18-28-24-10-3-1-4-11-24/h1-17,28-30H,18-19H2. The Morgan fingerprint density at radius 3 is 1.94 bits per heavy atom. The second-order valence-corrected chi connectivity index (χ2v) is 7.31. The average molecular weight is 409 g/mol. The van der Waals surface area contributed by atoms with Crippen LogP contribution in [0.4, 0.5) is 11.4 Å². The summed E-state index contributed by atoms with van der Waals surface area (Å²) in [5.74, 6) is 0.100. The van der Waals surface area contributed by atoms with Crippen molar-refractivity contribution in [1.82, 2.24) is 0 Å². The molecule has 0 heterocycles. The molecule has 0 aliphatic carbocycles. The van der Waals surface area contributed by atoms with E-state index in [9.17, 15) is 9.90 Å². The van der Waals surface area contributed by atoms with Gasteiger partial charge in [-0.15, -0.1) is 0 Å². The van der Waals surface area contributed by atoms with Crippen LogP contribution in [0.15, 0.2) is 103 Å². The molecule has 0 saturated carbocycles. The fourth-order valence-corrected chi connectivity index (χ4v) is 3.37. The Labute approximate surface area is 182 Å². The highest BCUT2D eigenvalue weighted by Crippen LogP contribution is 2.22. The van der Waals surface area contributed by atoms with E-state index >= 15 is 0 Å². The van der Waals surface area contributed by atoms with E-state index in [1.54, 1.807) is 18.2 Å². The van der Waals surface area contributed by atoms with E-state index < -0.39 is 0 Å². The third-order valence-corrected chi connectivity index (χ3v) is 5.06. The van der Waals surface area contributed by atoms with Crippen molar-refractivity contribution < 1.29 is 9.90 Å². The van der Waals surface area contributed by atoms with E-state index in [-0.39, 0.29) is 11.5 Å². The number of ketones is 1. The Hall–Kier alpha value is -4.05. The zero-order valence-corrected chi connectivity index (χ0v) is 17.1. The minimum Gasteiger partial charge on any atom is -0.508 e. The topological polar surface area (TPSA) is 61.4 Å². The fraction of sp³-hybridized carbons (Fsp3) is 0.0741. The molecule has 0 aromatic heterocycles. The predicted molar refractivity (Wildman–Crippen MR) is 126 cm³/mol. The van der Waals surface area contributed by atoms with E-state index in [1.165, 1.54) is 0 Å². The van der Waals surface area contributed by atoms with Crippen LogP contribution in [0, 0.1) is 0 Å². The molecule has 4 rings (SSSR count). The maximum absolute atomic E-state index is 13.1. The van der Waals surface area contributed by atoms with Gasteiger partial charge in [0.1, 0.15) is 5.75 Å². The summed E-state index contributed by atoms with van der Waals surface area (Å²) in [4.78, 5) is 13.1. The molecule has 4 aromatic carbocycles. The van der Waals surface area contributed by atoms with E-state index in [2.05, 4.69) is 10.6 Å². The third kappa shape index (κ3) is 5.31. The highest BCUT2D eigenvalue weighted by atomic mass is 16.3. The van der Waals surface area contributed by atoms with Crippen molar-refractivity contribution >= 4 is 17.2 Å². The Kier molecular flexibility index (Phi) is 6.29. The molecular weight excluding hydrogens is 384 g/mol. The number of anilines is 2. The monoisotopic (exact) mass is 408 g/mol. The fourth-order valence-electron chi connectivity index (χ4n) is 3.37. The van der Waals surface area contributed by atoms with Crippen LogP contribution in [0.25, 0.3) is 0 Å². The lowest BCUT2D eigenvalue weighted by atomic mass is 9.99. The zero-order chi connectivity index (χ0) is 21.5. The number of phenolic OH excluding ortho intramolecular Hbond substituents is 1. The van der Waals surface area contributed by atoms with Crippen LogP contribution in [0.1, 0.15) is 27.0 Å². The van der Waals surface area contributed by atoms with Crippen LogP contribution in [0.5, 0.6) is 5.75 Å². The van der Waals surface area contributed by atoms with Crippen molar-refractivity contribution in [1.29, 1.82) is 0 Å². The number of aromatic hydroxyl groups is 1. The third-order valence-electron chi connectivity index (χ3n) is 5.06. The lowest BCUT2D eigenvalue weighted by Crippen LogP contribution is -2.06. The summed E-state index contributed by atoms with van der Waals surface area (Å²) in [6.07, 6.45) is 0. The van der Waals surface area contributed by atoms with Crippen LogP contribution in [0.3, 0.4) is 0 Å². The summed E-state index contributed by atoms with van der Waals surface area (Å²) < 4.78 is 0. The number of phenols is 1. The molecule has 0 bridgehead atoms. The van der Waals surface area contributed by atoms with Crippen LogP contribution < -0.4 is 10.6 Å². The van der Waals surface area contributed by atoms with Crippen LogP contribution in [-0.4, -0.2) is 10.9 Å². The Morgan fingerprint density at radius 2 is 1.26 bits per heavy atom. The number of para-hydroxylation sites is 2. The lowest BCUT2D eigenvalue weighted by molar-refractivity contribution is 0.103. The highest BCUT2D eigenvalue weighted by molar-refractivity contribution is 6.09. The van der Waals surface area contributed by atoms with Gasteiger partial charge >= 0.3 is 0 Å². The zero-order valence-electron chi connectivity index (χ0n) is 17.1. The van der Waals surface area contributed by atoms with Crippen molar-refractivity contribution in [2.75, 3.05) is 10.6 Å². The van der Waals surface area contributed by atoms with Gasteiger partial charge in [0.15, 0.2) is 5.78 Å². The van der Waals surface area contributed by atoms with Crippen molar-refractivity contribution in [2.45, 2.75) is 13.1 Å². The number of hydrogen-bond acceptors (Lipinski definition) is 4. The van der Waals surface area contributed by atoms with Crippen LogP contribution in [-0.2, 0) is 13.1 Å². The molecule has 3 N–H and O–H groups in total. The molecule has 4 nitrogen and oxygen atoms in total. The first kappa shape index (κ1) is 20.2. The molecule has 4 heteroatoms. The van der Waals surface area contributed by atoms with Gasteiger partial charge in [0.25, 0.3) is 0 Å². The summed E-state index contributed by atoms with van der Waals surface area (Å²) in [6, 6.07) is 32.4. The molecular formula is C27H24N2O2. The number of carbonyl (C=O) groups is 1. The number of carbonyl (C=O) groups excluding carboxylic acids is 1. The predicted octanol–water partition coefficient (Wildman–Crippen LogP) is 5.85. The maximum atomic E-state index is 13.1. The first-order valence-electron chi connectivity index (χ1n) is 10.2. The SMILES string of the molecule is O=C(c1cccc(CNc2ccccc2)c1)c1ccc(O)c(CNc2ccccc2)c1. The van der Waals surface area contributed by atoms with Crippen molar-refractivity contribution in [3.05, 3.63) is 125 Å². The second-order valence-electron chi connectivity index (χ2n) is 7.31. The molecule has 154 valence electrons. The first-order valence-corrected chi connectivity index (χ1v) is 10.2. The van der Waals surface area contributed by atoms with E-state index in [4.69, 9.17) is 0 Å². The number of rotatable bonds is 8. The summed E-state index contributed by atoms with van der Waals surface area (Å²) in [5, 5.41) is 16.9. The van der Waals surface area contributed by atoms with Gasteiger partial charge in [0, 0.05) is 41.2 Å². The van der Waals surface area contributed by atoms with Gasteiger partial charge in [-0.1, -0.05) is 54.6 Å². The van der Waals surface area contributed by atoms with Crippen molar-refractivity contribution in [3.63, 3.8) is 0 Å². The summed E-state index contributed by atoms with van der Waals surface area (Å²) in [6.45, 7) is 1.06. The Balaban J connectivity index is 1.47. The van der Waals surface area contributed by atoms with Gasteiger partial charge in [-0.3, -0.25) is 4.79 Å². The summed E-state index contributed by atoms with van der Waals surface area (Å²) >= 11 is 0. The number of hydrogen-bond donors (Lipinski definition) is 3. The largest absolute Gasteiger partial charge is 0.508 e. The Morgan fingerprint density at radius 1 is 0.645 bits per heavy atom. The smallest absolute Gasteiger partial charge is 0.193 e. The van der Waals surface area contributed by atoms with Gasteiger partial charge in [0.05, 0.1) is 0 Å². The highest BCUT2D eigenvalue weighted by Gasteiger charge is 2.12. The summed E-state index contributed by atoms with van der Waals surface area (Å²) in [5.41, 5.74) is 4.87. The van der Waals surface area contributed by atoms with Crippen LogP contribution >= 0.6 is 0 Å². The van der Waals surface area contributed by atoms with Crippen LogP contribution in [0.2, 0.25) is 0 Å². The van der Waals surface area contributed by atoms with Gasteiger partial charge in [-0.2, -0.15) is 0 Å². The molecule has 0 amide bonds. The second kappa shape index (κ2) is 9.63. The maximum Gasteiger partial charge on any atom is 0.193 e. The molecule has 31 heavy (non-hydrogen) atoms. The van der Waals surface area contributed by atoms with Crippen molar-refractivity contribution in [3.8, 4) is 5.75 Å². The minimum absolute atomic E-state index is 0.0671. The van der Waals surface area contributed by atoms with Gasteiger partial charge in [-0.25, -0.2) is 0 Å². The number of nitrogens with one attached hydrogen (secondary N) is 2. The molecule has 4 aromatic rings. The Bertz CT molecular complexity index is 1160. The first-order chi connectivity index (χ1) is 15.2. The minimum atomic E-state index is -0.0671. The lowest BCUT2D eigenvalue weighted by Gasteiger charge is -2.11.